The number of hydrogen-bond donors (Lipinski definition) is 2. The first kappa shape index (κ1) is 19.3. The first-order chi connectivity index (χ1) is 11.7. The average Bonchev–Trinajstić information content (AvgIpc) is 2.52. The second-order valence-corrected chi connectivity index (χ2v) is 7.15. The highest BCUT2D eigenvalue weighted by Gasteiger charge is 2.16. The van der Waals surface area contributed by atoms with Gasteiger partial charge in [0.05, 0.1) is 4.92 Å². The van der Waals surface area contributed by atoms with Crippen molar-refractivity contribution in [1.82, 2.24) is 5.32 Å². The molecule has 2 aromatic carbocycles. The number of aryl methyl sites for hydroxylation is 3. The van der Waals surface area contributed by atoms with E-state index in [-0.39, 0.29) is 16.4 Å². The Bertz CT molecular complexity index is 884. The predicted molar refractivity (Wildman–Crippen MR) is 110 cm³/mol. The number of nitro groups is 1. The van der Waals surface area contributed by atoms with Crippen LogP contribution < -0.4 is 10.6 Å². The highest BCUT2D eigenvalue weighted by molar-refractivity contribution is 14.1. The van der Waals surface area contributed by atoms with E-state index in [0.29, 0.717) is 5.56 Å². The SMILES string of the molecule is Cc1cc(NC(=S)NC(=O)c2ccc(C)c([N+](=O)[O-])c2)c(C)cc1I. The number of nitrogens with zero attached hydrogens (tertiary/aromatic N) is 1. The summed E-state index contributed by atoms with van der Waals surface area (Å²) in [6, 6.07) is 8.28. The topological polar surface area (TPSA) is 84.3 Å². The van der Waals surface area contributed by atoms with Crippen molar-refractivity contribution in [2.45, 2.75) is 20.8 Å². The molecule has 0 atom stereocenters. The molecule has 2 N–H and O–H groups in total. The fourth-order valence-corrected chi connectivity index (χ4v) is 3.02. The predicted octanol–water partition coefficient (Wildman–Crippen LogP) is 4.25. The number of hydrogen-bond acceptors (Lipinski definition) is 4. The van der Waals surface area contributed by atoms with Gasteiger partial charge in [-0.1, -0.05) is 6.07 Å². The van der Waals surface area contributed by atoms with Gasteiger partial charge in [0.2, 0.25) is 0 Å². The standard InChI is InChI=1S/C17H16IN3O3S/c1-9-4-5-12(8-15(9)21(23)24)16(22)20-17(25)19-14-7-10(2)13(18)6-11(14)3/h4-8H,1-3H3,(H2,19,20,22,25). The van der Waals surface area contributed by atoms with Crippen LogP contribution in [0.15, 0.2) is 30.3 Å². The Kier molecular flexibility index (Phi) is 6.07. The summed E-state index contributed by atoms with van der Waals surface area (Å²) in [4.78, 5) is 22.8. The highest BCUT2D eigenvalue weighted by atomic mass is 127. The number of amides is 1. The summed E-state index contributed by atoms with van der Waals surface area (Å²) in [5, 5.41) is 16.7. The molecule has 0 aliphatic carbocycles. The van der Waals surface area contributed by atoms with Crippen LogP contribution in [0.2, 0.25) is 0 Å². The molecule has 6 nitrogen and oxygen atoms in total. The number of carbonyl (C=O) groups is 1. The zero-order valence-corrected chi connectivity index (χ0v) is 16.8. The van der Waals surface area contributed by atoms with Crippen LogP contribution in [0.4, 0.5) is 11.4 Å². The number of nitro benzene ring substituents is 1. The van der Waals surface area contributed by atoms with Gasteiger partial charge >= 0.3 is 0 Å². The maximum absolute atomic E-state index is 12.3. The van der Waals surface area contributed by atoms with Gasteiger partial charge in [-0.2, -0.15) is 0 Å². The molecule has 0 aromatic heterocycles. The molecule has 0 unspecified atom stereocenters. The van der Waals surface area contributed by atoms with Gasteiger partial charge in [0.25, 0.3) is 11.6 Å². The highest BCUT2D eigenvalue weighted by Crippen LogP contribution is 2.22. The lowest BCUT2D eigenvalue weighted by molar-refractivity contribution is -0.385. The van der Waals surface area contributed by atoms with E-state index in [1.807, 2.05) is 26.0 Å². The minimum absolute atomic E-state index is 0.101. The molecular formula is C17H16IN3O3S. The van der Waals surface area contributed by atoms with Gasteiger partial charge in [-0.05, 0) is 84.9 Å². The molecular weight excluding hydrogens is 453 g/mol. The summed E-state index contributed by atoms with van der Waals surface area (Å²) < 4.78 is 1.14. The fourth-order valence-electron chi connectivity index (χ4n) is 2.19. The summed E-state index contributed by atoms with van der Waals surface area (Å²) in [6.07, 6.45) is 0. The van der Waals surface area contributed by atoms with Crippen LogP contribution in [0.5, 0.6) is 0 Å². The van der Waals surface area contributed by atoms with Crippen molar-refractivity contribution in [2.24, 2.45) is 0 Å². The normalized spacial score (nSPS) is 10.2. The van der Waals surface area contributed by atoms with Crippen LogP contribution in [0.25, 0.3) is 0 Å². The van der Waals surface area contributed by atoms with E-state index in [0.717, 1.165) is 20.4 Å². The van der Waals surface area contributed by atoms with E-state index in [1.165, 1.54) is 18.2 Å². The van der Waals surface area contributed by atoms with Crippen molar-refractivity contribution in [1.29, 1.82) is 0 Å². The molecule has 8 heteroatoms. The lowest BCUT2D eigenvalue weighted by atomic mass is 10.1. The number of rotatable bonds is 3. The molecule has 0 bridgehead atoms. The van der Waals surface area contributed by atoms with Gasteiger partial charge in [-0.3, -0.25) is 20.2 Å². The lowest BCUT2D eigenvalue weighted by Crippen LogP contribution is -2.34. The van der Waals surface area contributed by atoms with Gasteiger partial charge in [-0.25, -0.2) is 0 Å². The largest absolute Gasteiger partial charge is 0.332 e. The second kappa shape index (κ2) is 7.87. The Hall–Kier alpha value is -2.07. The van der Waals surface area contributed by atoms with E-state index in [9.17, 15) is 14.9 Å². The number of carbonyl (C=O) groups excluding carboxylic acids is 1. The summed E-state index contributed by atoms with van der Waals surface area (Å²) in [5.74, 6) is -0.500. The Morgan fingerprint density at radius 2 is 1.80 bits per heavy atom. The van der Waals surface area contributed by atoms with Crippen molar-refractivity contribution >= 4 is 57.2 Å². The number of anilines is 1. The fraction of sp³-hybridized carbons (Fsp3) is 0.176. The van der Waals surface area contributed by atoms with Crippen LogP contribution in [0.1, 0.15) is 27.0 Å². The maximum Gasteiger partial charge on any atom is 0.273 e. The molecule has 0 heterocycles. The molecule has 0 saturated heterocycles. The third kappa shape index (κ3) is 4.73. The molecule has 0 fully saturated rings. The minimum Gasteiger partial charge on any atom is -0.332 e. The molecule has 0 aliphatic heterocycles. The molecule has 0 saturated carbocycles. The van der Waals surface area contributed by atoms with E-state index in [2.05, 4.69) is 33.2 Å². The van der Waals surface area contributed by atoms with E-state index < -0.39 is 10.8 Å². The second-order valence-electron chi connectivity index (χ2n) is 5.58. The van der Waals surface area contributed by atoms with Crippen LogP contribution >= 0.6 is 34.8 Å². The van der Waals surface area contributed by atoms with Gasteiger partial charge in [0.1, 0.15) is 0 Å². The maximum atomic E-state index is 12.3. The van der Waals surface area contributed by atoms with Gasteiger partial charge in [0, 0.05) is 26.5 Å². The smallest absolute Gasteiger partial charge is 0.273 e. The number of benzene rings is 2. The lowest BCUT2D eigenvalue weighted by Gasteiger charge is -2.13. The molecule has 130 valence electrons. The first-order valence-electron chi connectivity index (χ1n) is 7.33. The molecule has 2 rings (SSSR count). The van der Waals surface area contributed by atoms with Gasteiger partial charge in [-0.15, -0.1) is 0 Å². The van der Waals surface area contributed by atoms with Crippen LogP contribution in [-0.2, 0) is 0 Å². The zero-order chi connectivity index (χ0) is 18.7. The first-order valence-corrected chi connectivity index (χ1v) is 8.82. The number of thiocarbonyl (C=S) groups is 1. The van der Waals surface area contributed by atoms with Gasteiger partial charge in [0.15, 0.2) is 5.11 Å². The molecule has 1 amide bonds. The molecule has 0 aliphatic rings. The Balaban J connectivity index is 2.13. The van der Waals surface area contributed by atoms with Crippen LogP contribution in [0.3, 0.4) is 0 Å². The van der Waals surface area contributed by atoms with Crippen molar-refractivity contribution in [3.05, 3.63) is 66.3 Å². The van der Waals surface area contributed by atoms with E-state index in [4.69, 9.17) is 12.2 Å². The molecule has 0 radical (unpaired) electrons. The Morgan fingerprint density at radius 3 is 2.44 bits per heavy atom. The van der Waals surface area contributed by atoms with Crippen molar-refractivity contribution in [3.63, 3.8) is 0 Å². The monoisotopic (exact) mass is 469 g/mol. The van der Waals surface area contributed by atoms with Crippen LogP contribution in [-0.4, -0.2) is 15.9 Å². The van der Waals surface area contributed by atoms with Crippen molar-refractivity contribution < 1.29 is 9.72 Å². The average molecular weight is 469 g/mol. The molecule has 2 aromatic rings. The van der Waals surface area contributed by atoms with E-state index in [1.54, 1.807) is 6.92 Å². The number of nitrogens with one attached hydrogen (secondary N) is 2. The number of halogens is 1. The summed E-state index contributed by atoms with van der Waals surface area (Å²) in [5.41, 5.74) is 3.47. The molecule has 0 spiro atoms. The molecule has 25 heavy (non-hydrogen) atoms. The third-order valence-corrected chi connectivity index (χ3v) is 5.02. The van der Waals surface area contributed by atoms with Crippen molar-refractivity contribution in [2.75, 3.05) is 5.32 Å². The summed E-state index contributed by atoms with van der Waals surface area (Å²) in [7, 11) is 0. The third-order valence-electron chi connectivity index (χ3n) is 3.65. The Morgan fingerprint density at radius 1 is 1.12 bits per heavy atom. The quantitative estimate of drug-likeness (QED) is 0.304. The zero-order valence-electron chi connectivity index (χ0n) is 13.8. The van der Waals surface area contributed by atoms with Gasteiger partial charge < -0.3 is 5.32 Å². The summed E-state index contributed by atoms with van der Waals surface area (Å²) in [6.45, 7) is 5.55. The minimum atomic E-state index is -0.513. The summed E-state index contributed by atoms with van der Waals surface area (Å²) >= 11 is 7.43. The van der Waals surface area contributed by atoms with Crippen LogP contribution in [0, 0.1) is 34.5 Å². The van der Waals surface area contributed by atoms with E-state index >= 15 is 0 Å². The van der Waals surface area contributed by atoms with Crippen molar-refractivity contribution in [3.8, 4) is 0 Å². The Labute approximate surface area is 164 Å².